The molecule has 1 saturated heterocycles. The summed E-state index contributed by atoms with van der Waals surface area (Å²) in [6.45, 7) is 5.67. The highest BCUT2D eigenvalue weighted by molar-refractivity contribution is 5.96. The van der Waals surface area contributed by atoms with Crippen molar-refractivity contribution in [2.75, 3.05) is 45.7 Å². The van der Waals surface area contributed by atoms with Gasteiger partial charge in [0.2, 0.25) is 5.91 Å². The molecule has 0 aromatic heterocycles. The number of amides is 1. The van der Waals surface area contributed by atoms with Gasteiger partial charge in [0.15, 0.2) is 0 Å². The topological polar surface area (TPSA) is 44.8 Å². The molecule has 2 aromatic rings. The van der Waals surface area contributed by atoms with Crippen LogP contribution in [0.15, 0.2) is 48.5 Å². The summed E-state index contributed by atoms with van der Waals surface area (Å²) < 4.78 is 5.41. The van der Waals surface area contributed by atoms with Gasteiger partial charge in [0.1, 0.15) is 11.8 Å². The molecule has 1 N–H and O–H groups in total. The third kappa shape index (κ3) is 4.23. The molecule has 5 heteroatoms. The predicted octanol–water partition coefficient (Wildman–Crippen LogP) is 2.93. The number of hydrogen-bond acceptors (Lipinski definition) is 4. The lowest BCUT2D eigenvalue weighted by molar-refractivity contribution is -0.122. The molecule has 0 spiro atoms. The fourth-order valence-corrected chi connectivity index (χ4v) is 3.36. The Balaban J connectivity index is 1.87. The molecule has 1 fully saturated rings. The summed E-state index contributed by atoms with van der Waals surface area (Å²) in [5.41, 5.74) is 2.81. The number of piperazine rings is 1. The molecule has 138 valence electrons. The Morgan fingerprint density at radius 3 is 2.42 bits per heavy atom. The fraction of sp³-hybridized carbons (Fsp3) is 0.381. The number of carbonyl (C=O) groups is 1. The van der Waals surface area contributed by atoms with Crippen molar-refractivity contribution in [2.24, 2.45) is 0 Å². The van der Waals surface area contributed by atoms with Gasteiger partial charge in [-0.25, -0.2) is 0 Å². The van der Waals surface area contributed by atoms with Crippen molar-refractivity contribution in [1.29, 1.82) is 0 Å². The van der Waals surface area contributed by atoms with Crippen LogP contribution >= 0.6 is 0 Å². The Labute approximate surface area is 155 Å². The van der Waals surface area contributed by atoms with Gasteiger partial charge in [-0.1, -0.05) is 36.4 Å². The monoisotopic (exact) mass is 353 g/mol. The molecule has 2 aromatic carbocycles. The van der Waals surface area contributed by atoms with Crippen LogP contribution in [-0.2, 0) is 4.79 Å². The smallest absolute Gasteiger partial charge is 0.246 e. The third-order valence-electron chi connectivity index (χ3n) is 4.88. The quantitative estimate of drug-likeness (QED) is 0.898. The SMILES string of the molecule is COc1ccc(C)cc1NC(=O)C(c1ccccc1)N1CCN(C)CC1. The molecule has 0 saturated carbocycles. The minimum atomic E-state index is -0.310. The summed E-state index contributed by atoms with van der Waals surface area (Å²) >= 11 is 0. The van der Waals surface area contributed by atoms with E-state index >= 15 is 0 Å². The Hall–Kier alpha value is -2.37. The van der Waals surface area contributed by atoms with E-state index in [4.69, 9.17) is 4.74 Å². The molecule has 1 aliphatic rings. The molecule has 1 aliphatic heterocycles. The summed E-state index contributed by atoms with van der Waals surface area (Å²) in [5, 5.41) is 3.09. The highest BCUT2D eigenvalue weighted by atomic mass is 16.5. The van der Waals surface area contributed by atoms with Crippen LogP contribution in [0.5, 0.6) is 5.75 Å². The van der Waals surface area contributed by atoms with E-state index in [-0.39, 0.29) is 11.9 Å². The number of carbonyl (C=O) groups excluding carboxylic acids is 1. The molecule has 0 radical (unpaired) electrons. The van der Waals surface area contributed by atoms with Gasteiger partial charge in [-0.3, -0.25) is 9.69 Å². The van der Waals surface area contributed by atoms with E-state index < -0.39 is 0 Å². The first-order chi connectivity index (χ1) is 12.6. The van der Waals surface area contributed by atoms with Crippen molar-refractivity contribution in [1.82, 2.24) is 9.80 Å². The van der Waals surface area contributed by atoms with E-state index in [0.29, 0.717) is 11.4 Å². The van der Waals surface area contributed by atoms with Crippen molar-refractivity contribution in [3.63, 3.8) is 0 Å². The van der Waals surface area contributed by atoms with Crippen LogP contribution in [0.1, 0.15) is 17.2 Å². The number of hydrogen-bond donors (Lipinski definition) is 1. The van der Waals surface area contributed by atoms with Gasteiger partial charge in [0.25, 0.3) is 0 Å². The van der Waals surface area contributed by atoms with Gasteiger partial charge in [0, 0.05) is 26.2 Å². The zero-order valence-corrected chi connectivity index (χ0v) is 15.7. The number of anilines is 1. The van der Waals surface area contributed by atoms with E-state index in [1.807, 2.05) is 55.5 Å². The lowest BCUT2D eigenvalue weighted by Gasteiger charge is -2.37. The lowest BCUT2D eigenvalue weighted by Crippen LogP contribution is -2.48. The van der Waals surface area contributed by atoms with Gasteiger partial charge < -0.3 is 15.0 Å². The van der Waals surface area contributed by atoms with Gasteiger partial charge in [0.05, 0.1) is 12.8 Å². The summed E-state index contributed by atoms with van der Waals surface area (Å²) in [4.78, 5) is 17.8. The van der Waals surface area contributed by atoms with Crippen molar-refractivity contribution >= 4 is 11.6 Å². The number of benzene rings is 2. The highest BCUT2D eigenvalue weighted by Gasteiger charge is 2.30. The molecule has 0 bridgehead atoms. The third-order valence-corrected chi connectivity index (χ3v) is 4.88. The molecular weight excluding hydrogens is 326 g/mol. The fourth-order valence-electron chi connectivity index (χ4n) is 3.36. The van der Waals surface area contributed by atoms with E-state index in [0.717, 1.165) is 37.3 Å². The summed E-state index contributed by atoms with van der Waals surface area (Å²) in [6.07, 6.45) is 0. The van der Waals surface area contributed by atoms with E-state index in [9.17, 15) is 4.79 Å². The number of ether oxygens (including phenoxy) is 1. The highest BCUT2D eigenvalue weighted by Crippen LogP contribution is 2.29. The number of methoxy groups -OCH3 is 1. The summed E-state index contributed by atoms with van der Waals surface area (Å²) in [7, 11) is 3.74. The number of aryl methyl sites for hydroxylation is 1. The first-order valence-corrected chi connectivity index (χ1v) is 9.01. The van der Waals surface area contributed by atoms with E-state index in [2.05, 4.69) is 22.2 Å². The van der Waals surface area contributed by atoms with E-state index in [1.54, 1.807) is 7.11 Å². The van der Waals surface area contributed by atoms with Crippen LogP contribution in [-0.4, -0.2) is 56.0 Å². The molecule has 1 heterocycles. The van der Waals surface area contributed by atoms with Crippen LogP contribution in [0.25, 0.3) is 0 Å². The largest absolute Gasteiger partial charge is 0.495 e. The van der Waals surface area contributed by atoms with E-state index in [1.165, 1.54) is 0 Å². The maximum Gasteiger partial charge on any atom is 0.246 e. The average molecular weight is 353 g/mol. The molecule has 1 atom stereocenters. The zero-order valence-electron chi connectivity index (χ0n) is 15.7. The summed E-state index contributed by atoms with van der Waals surface area (Å²) in [6, 6.07) is 15.5. The van der Waals surface area contributed by atoms with Crippen molar-refractivity contribution in [2.45, 2.75) is 13.0 Å². The Morgan fingerprint density at radius 1 is 1.08 bits per heavy atom. The first kappa shape index (κ1) is 18.4. The van der Waals surface area contributed by atoms with Gasteiger partial charge in [-0.2, -0.15) is 0 Å². The molecule has 1 amide bonds. The normalized spacial score (nSPS) is 16.9. The minimum Gasteiger partial charge on any atom is -0.495 e. The van der Waals surface area contributed by atoms with Crippen LogP contribution in [0.3, 0.4) is 0 Å². The molecule has 3 rings (SSSR count). The maximum absolute atomic E-state index is 13.3. The van der Waals surface area contributed by atoms with Crippen LogP contribution in [0, 0.1) is 6.92 Å². The second-order valence-electron chi connectivity index (χ2n) is 6.85. The first-order valence-electron chi connectivity index (χ1n) is 9.01. The van der Waals surface area contributed by atoms with Crippen LogP contribution in [0.4, 0.5) is 5.69 Å². The lowest BCUT2D eigenvalue weighted by atomic mass is 10.0. The van der Waals surface area contributed by atoms with Crippen LogP contribution < -0.4 is 10.1 Å². The van der Waals surface area contributed by atoms with Gasteiger partial charge in [-0.05, 0) is 37.2 Å². The molecule has 1 unspecified atom stereocenters. The molecule has 0 aliphatic carbocycles. The minimum absolute atomic E-state index is 0.0235. The number of nitrogens with one attached hydrogen (secondary N) is 1. The number of likely N-dealkylation sites (N-methyl/N-ethyl adjacent to an activating group) is 1. The van der Waals surface area contributed by atoms with Crippen molar-refractivity contribution < 1.29 is 9.53 Å². The predicted molar refractivity (Wildman–Crippen MR) is 105 cm³/mol. The number of rotatable bonds is 5. The molecular formula is C21H27N3O2. The average Bonchev–Trinajstić information content (AvgIpc) is 2.65. The van der Waals surface area contributed by atoms with Crippen LogP contribution in [0.2, 0.25) is 0 Å². The molecule has 26 heavy (non-hydrogen) atoms. The second kappa shape index (κ2) is 8.34. The standard InChI is InChI=1S/C21H27N3O2/c1-16-9-10-19(26-3)18(15-16)22-21(25)20(17-7-5-4-6-8-17)24-13-11-23(2)12-14-24/h4-10,15,20H,11-14H2,1-3H3,(H,22,25). The second-order valence-corrected chi connectivity index (χ2v) is 6.85. The molecule has 5 nitrogen and oxygen atoms in total. The Kier molecular flexibility index (Phi) is 5.91. The van der Waals surface area contributed by atoms with Crippen molar-refractivity contribution in [3.8, 4) is 5.75 Å². The Morgan fingerprint density at radius 2 is 1.77 bits per heavy atom. The summed E-state index contributed by atoms with van der Waals surface area (Å²) in [5.74, 6) is 0.652. The van der Waals surface area contributed by atoms with Gasteiger partial charge >= 0.3 is 0 Å². The maximum atomic E-state index is 13.3. The number of nitrogens with zero attached hydrogens (tertiary/aromatic N) is 2. The Bertz CT molecular complexity index is 740. The van der Waals surface area contributed by atoms with Gasteiger partial charge in [-0.15, -0.1) is 0 Å². The van der Waals surface area contributed by atoms with Crippen molar-refractivity contribution in [3.05, 3.63) is 59.7 Å². The zero-order chi connectivity index (χ0) is 18.5.